The van der Waals surface area contributed by atoms with Gasteiger partial charge in [-0.3, -0.25) is 0 Å². The maximum absolute atomic E-state index is 12.5. The van der Waals surface area contributed by atoms with Gasteiger partial charge < -0.3 is 15.7 Å². The lowest BCUT2D eigenvalue weighted by atomic mass is 10.1. The van der Waals surface area contributed by atoms with E-state index in [1.54, 1.807) is 13.8 Å². The lowest BCUT2D eigenvalue weighted by molar-refractivity contribution is -0.141. The quantitative estimate of drug-likeness (QED) is 0.860. The summed E-state index contributed by atoms with van der Waals surface area (Å²) in [4.78, 5) is 8.23. The number of anilines is 2. The van der Waals surface area contributed by atoms with Gasteiger partial charge in [-0.15, -0.1) is 0 Å². The van der Waals surface area contributed by atoms with E-state index < -0.39 is 23.4 Å². The lowest BCUT2D eigenvalue weighted by Gasteiger charge is -2.26. The molecule has 18 heavy (non-hydrogen) atoms. The molecule has 0 aliphatic carbocycles. The predicted octanol–water partition coefficient (Wildman–Crippen LogP) is 1.28. The number of hydrogen-bond acceptors (Lipinski definition) is 5. The van der Waals surface area contributed by atoms with E-state index in [4.69, 9.17) is 5.73 Å². The zero-order chi connectivity index (χ0) is 14.1. The number of aliphatic hydroxyl groups is 1. The van der Waals surface area contributed by atoms with E-state index in [0.717, 1.165) is 6.07 Å². The monoisotopic (exact) mass is 264 g/mol. The molecule has 0 aliphatic heterocycles. The Bertz CT molecular complexity index is 428. The van der Waals surface area contributed by atoms with Crippen LogP contribution in [0, 0.1) is 0 Å². The van der Waals surface area contributed by atoms with Crippen LogP contribution < -0.4 is 10.6 Å². The van der Waals surface area contributed by atoms with Gasteiger partial charge in [-0.05, 0) is 13.8 Å². The van der Waals surface area contributed by atoms with Crippen LogP contribution in [0.3, 0.4) is 0 Å². The minimum atomic E-state index is -4.58. The molecule has 1 aromatic rings. The molecule has 5 nitrogen and oxygen atoms in total. The van der Waals surface area contributed by atoms with Gasteiger partial charge in [-0.2, -0.15) is 18.2 Å². The summed E-state index contributed by atoms with van der Waals surface area (Å²) in [6.45, 7) is 3.19. The normalized spacial score (nSPS) is 12.6. The van der Waals surface area contributed by atoms with Crippen LogP contribution >= 0.6 is 0 Å². The maximum atomic E-state index is 12.5. The van der Waals surface area contributed by atoms with E-state index in [1.165, 1.54) is 11.9 Å². The Labute approximate surface area is 102 Å². The summed E-state index contributed by atoms with van der Waals surface area (Å²) in [7, 11) is 1.51. The molecule has 1 rings (SSSR count). The van der Waals surface area contributed by atoms with Crippen molar-refractivity contribution < 1.29 is 18.3 Å². The van der Waals surface area contributed by atoms with Gasteiger partial charge in [0.05, 0.1) is 5.60 Å². The van der Waals surface area contributed by atoms with Crippen LogP contribution in [0.4, 0.5) is 24.9 Å². The summed E-state index contributed by atoms with van der Waals surface area (Å²) < 4.78 is 37.6. The number of alkyl halides is 3. The number of halogens is 3. The highest BCUT2D eigenvalue weighted by Gasteiger charge is 2.34. The van der Waals surface area contributed by atoms with Crippen LogP contribution in [0.1, 0.15) is 19.5 Å². The number of hydrogen-bond donors (Lipinski definition) is 2. The van der Waals surface area contributed by atoms with Crippen molar-refractivity contribution in [3.63, 3.8) is 0 Å². The van der Waals surface area contributed by atoms with E-state index in [-0.39, 0.29) is 12.4 Å². The predicted molar refractivity (Wildman–Crippen MR) is 61.0 cm³/mol. The highest BCUT2D eigenvalue weighted by atomic mass is 19.4. The second-order valence-electron chi connectivity index (χ2n) is 4.64. The fourth-order valence-corrected chi connectivity index (χ4v) is 1.45. The number of rotatable bonds is 3. The van der Waals surface area contributed by atoms with Gasteiger partial charge in [-0.25, -0.2) is 4.98 Å². The van der Waals surface area contributed by atoms with Gasteiger partial charge in [-0.1, -0.05) is 0 Å². The third-order valence-corrected chi connectivity index (χ3v) is 2.04. The molecule has 0 amide bonds. The minimum Gasteiger partial charge on any atom is -0.389 e. The SMILES string of the molecule is CN(CC(C)(C)O)c1cc(C(F)(F)F)nc(N)n1. The van der Waals surface area contributed by atoms with Gasteiger partial charge >= 0.3 is 6.18 Å². The van der Waals surface area contributed by atoms with Crippen molar-refractivity contribution in [3.8, 4) is 0 Å². The van der Waals surface area contributed by atoms with Crippen LogP contribution in [0.25, 0.3) is 0 Å². The second kappa shape index (κ2) is 4.60. The molecule has 0 fully saturated rings. The third kappa shape index (κ3) is 4.02. The minimum absolute atomic E-state index is 0.0111. The Hall–Kier alpha value is -1.57. The van der Waals surface area contributed by atoms with Crippen LogP contribution in [0.5, 0.6) is 0 Å². The summed E-state index contributed by atoms with van der Waals surface area (Å²) >= 11 is 0. The van der Waals surface area contributed by atoms with Crippen molar-refractivity contribution in [2.45, 2.75) is 25.6 Å². The fourth-order valence-electron chi connectivity index (χ4n) is 1.45. The van der Waals surface area contributed by atoms with Crippen molar-refractivity contribution in [2.75, 3.05) is 24.2 Å². The van der Waals surface area contributed by atoms with Crippen molar-refractivity contribution >= 4 is 11.8 Å². The van der Waals surface area contributed by atoms with Crippen LogP contribution in [-0.4, -0.2) is 34.3 Å². The summed E-state index contributed by atoms with van der Waals surface area (Å²) in [5.41, 5.74) is 3.08. The van der Waals surface area contributed by atoms with E-state index in [9.17, 15) is 18.3 Å². The topological polar surface area (TPSA) is 75.3 Å². The maximum Gasteiger partial charge on any atom is 0.433 e. The fraction of sp³-hybridized carbons (Fsp3) is 0.600. The number of likely N-dealkylation sites (N-methyl/N-ethyl adjacent to an activating group) is 1. The van der Waals surface area contributed by atoms with Crippen molar-refractivity contribution in [1.29, 1.82) is 0 Å². The molecule has 0 aliphatic rings. The molecule has 8 heteroatoms. The van der Waals surface area contributed by atoms with Crippen LogP contribution in [-0.2, 0) is 6.18 Å². The first-order valence-corrected chi connectivity index (χ1v) is 5.14. The number of aromatic nitrogens is 2. The number of nitrogens with zero attached hydrogens (tertiary/aromatic N) is 3. The molecule has 0 saturated carbocycles. The summed E-state index contributed by atoms with van der Waals surface area (Å²) in [5, 5.41) is 9.61. The van der Waals surface area contributed by atoms with Crippen molar-refractivity contribution in [3.05, 3.63) is 11.8 Å². The first-order chi connectivity index (χ1) is 7.99. The van der Waals surface area contributed by atoms with E-state index in [2.05, 4.69) is 9.97 Å². The molecular formula is C10H15F3N4O. The summed E-state index contributed by atoms with van der Waals surface area (Å²) in [6.07, 6.45) is -4.58. The second-order valence-corrected chi connectivity index (χ2v) is 4.64. The van der Waals surface area contributed by atoms with Crippen molar-refractivity contribution in [2.24, 2.45) is 0 Å². The standard InChI is InChI=1S/C10H15F3N4O/c1-9(2,18)5-17(3)7-4-6(10(11,12)13)15-8(14)16-7/h4,18H,5H2,1-3H3,(H2,14,15,16). The summed E-state index contributed by atoms with van der Waals surface area (Å²) in [6, 6.07) is 0.794. The summed E-state index contributed by atoms with van der Waals surface area (Å²) in [5.74, 6) is -0.445. The smallest absolute Gasteiger partial charge is 0.389 e. The van der Waals surface area contributed by atoms with E-state index in [1.807, 2.05) is 0 Å². The molecule has 0 unspecified atom stereocenters. The third-order valence-electron chi connectivity index (χ3n) is 2.04. The largest absolute Gasteiger partial charge is 0.433 e. The Balaban J connectivity index is 3.07. The molecule has 102 valence electrons. The highest BCUT2D eigenvalue weighted by molar-refractivity contribution is 5.43. The molecule has 0 aromatic carbocycles. The molecule has 1 heterocycles. The molecule has 1 aromatic heterocycles. The molecular weight excluding hydrogens is 249 g/mol. The van der Waals surface area contributed by atoms with Gasteiger partial charge in [0.1, 0.15) is 5.82 Å². The number of nitrogen functional groups attached to an aromatic ring is 1. The molecule has 0 atom stereocenters. The molecule has 0 spiro atoms. The van der Waals surface area contributed by atoms with Gasteiger partial charge in [0.25, 0.3) is 0 Å². The number of nitrogens with two attached hydrogens (primary N) is 1. The molecule has 0 saturated heterocycles. The zero-order valence-corrected chi connectivity index (χ0v) is 10.3. The van der Waals surface area contributed by atoms with Crippen LogP contribution in [0.15, 0.2) is 6.07 Å². The average Bonchev–Trinajstić information content (AvgIpc) is 2.12. The Morgan fingerprint density at radius 2 is 1.89 bits per heavy atom. The average molecular weight is 264 g/mol. The zero-order valence-electron chi connectivity index (χ0n) is 10.3. The Morgan fingerprint density at radius 3 is 2.33 bits per heavy atom. The van der Waals surface area contributed by atoms with Gasteiger partial charge in [0.15, 0.2) is 5.69 Å². The van der Waals surface area contributed by atoms with E-state index in [0.29, 0.717) is 0 Å². The molecule has 3 N–H and O–H groups in total. The lowest BCUT2D eigenvalue weighted by Crippen LogP contribution is -2.37. The Morgan fingerprint density at radius 1 is 1.33 bits per heavy atom. The first-order valence-electron chi connectivity index (χ1n) is 5.14. The first kappa shape index (κ1) is 14.5. The van der Waals surface area contributed by atoms with Crippen molar-refractivity contribution in [1.82, 2.24) is 9.97 Å². The molecule has 0 radical (unpaired) electrons. The van der Waals surface area contributed by atoms with Gasteiger partial charge in [0.2, 0.25) is 5.95 Å². The van der Waals surface area contributed by atoms with E-state index >= 15 is 0 Å². The Kier molecular flexibility index (Phi) is 3.70. The molecule has 0 bridgehead atoms. The highest BCUT2D eigenvalue weighted by Crippen LogP contribution is 2.30. The van der Waals surface area contributed by atoms with Gasteiger partial charge in [0, 0.05) is 19.7 Å². The van der Waals surface area contributed by atoms with Crippen LogP contribution in [0.2, 0.25) is 0 Å².